The topological polar surface area (TPSA) is 99.2 Å². The minimum atomic E-state index is -4.11. The van der Waals surface area contributed by atoms with Crippen molar-refractivity contribution < 1.29 is 72.5 Å². The SMILES string of the molecule is [Li+].[Li+].[Li+].[O-][Te+]([O-])[O-].[OH-]. The first-order valence-electron chi connectivity index (χ1n) is 0.500. The van der Waals surface area contributed by atoms with E-state index < -0.39 is 20.8 Å². The molecule has 0 amide bonds. The molecule has 8 heteroatoms. The van der Waals surface area contributed by atoms with E-state index in [1.165, 1.54) is 0 Å². The molecule has 0 aromatic carbocycles. The van der Waals surface area contributed by atoms with Crippen LogP contribution in [-0.2, 0) is 0 Å². The summed E-state index contributed by atoms with van der Waals surface area (Å²) in [7, 11) is 0. The molecule has 0 aliphatic rings. The van der Waals surface area contributed by atoms with Gasteiger partial charge in [0.25, 0.3) is 0 Å². The summed E-state index contributed by atoms with van der Waals surface area (Å²) < 4.78 is 25.8. The Bertz CT molecular complexity index is 16.0. The van der Waals surface area contributed by atoms with Crippen LogP contribution in [0.15, 0.2) is 0 Å². The van der Waals surface area contributed by atoms with Gasteiger partial charge in [0.2, 0.25) is 0 Å². The van der Waals surface area contributed by atoms with Crippen molar-refractivity contribution in [3.8, 4) is 0 Å². The second-order valence-corrected chi connectivity index (χ2v) is 1.37. The fourth-order valence-corrected chi connectivity index (χ4v) is 0. The van der Waals surface area contributed by atoms with Crippen LogP contribution in [0.3, 0.4) is 0 Å². The molecule has 0 unspecified atom stereocenters. The van der Waals surface area contributed by atoms with Crippen LogP contribution in [0.2, 0.25) is 0 Å². The zero-order valence-electron chi connectivity index (χ0n) is 5.08. The average Bonchev–Trinajstić information content (AvgIpc) is 0.811. The van der Waals surface area contributed by atoms with E-state index in [0.717, 1.165) is 0 Å². The molecule has 0 aliphatic heterocycles. The summed E-state index contributed by atoms with van der Waals surface area (Å²) in [6, 6.07) is 0. The summed E-state index contributed by atoms with van der Waals surface area (Å²) in [5.41, 5.74) is 0. The van der Waals surface area contributed by atoms with Crippen LogP contribution in [-0.4, -0.2) is 26.3 Å². The fraction of sp³-hybridized carbons (Fsp3) is 0. The molecule has 0 fully saturated rings. The van der Waals surface area contributed by atoms with Crippen LogP contribution >= 0.6 is 0 Å². The molecular formula is HLi3O4Te. The first kappa shape index (κ1) is 31.5. The van der Waals surface area contributed by atoms with Crippen LogP contribution in [0.5, 0.6) is 0 Å². The van der Waals surface area contributed by atoms with Gasteiger partial charge in [-0.2, -0.15) is 0 Å². The Hall–Kier alpha value is 2.42. The molecule has 4 nitrogen and oxygen atoms in total. The van der Waals surface area contributed by atoms with Gasteiger partial charge < -0.3 is 5.48 Å². The van der Waals surface area contributed by atoms with Crippen LogP contribution in [0, 0.1) is 0 Å². The Balaban J connectivity index is -0.00000000750. The second kappa shape index (κ2) is 22.7. The van der Waals surface area contributed by atoms with E-state index in [9.17, 15) is 0 Å². The van der Waals surface area contributed by atoms with Crippen molar-refractivity contribution in [2.45, 2.75) is 0 Å². The largest absolute Gasteiger partial charge is 0.870 e. The second-order valence-electron chi connectivity index (χ2n) is 0.204. The Kier molecular flexibility index (Phi) is 89.4. The summed E-state index contributed by atoms with van der Waals surface area (Å²) in [4.78, 5) is 0. The van der Waals surface area contributed by atoms with Crippen molar-refractivity contribution in [1.82, 2.24) is 0 Å². The molecule has 0 spiro atoms. The Morgan fingerprint density at radius 2 is 0.750 bits per heavy atom. The molecular weight excluding hydrogens is 212 g/mol. The molecule has 0 radical (unpaired) electrons. The third-order valence-corrected chi connectivity index (χ3v) is 0. The Morgan fingerprint density at radius 3 is 0.750 bits per heavy atom. The molecule has 8 heavy (non-hydrogen) atoms. The average molecular weight is 213 g/mol. The van der Waals surface area contributed by atoms with E-state index >= 15 is 0 Å². The smallest absolute Gasteiger partial charge is 0.870 e. The summed E-state index contributed by atoms with van der Waals surface area (Å²) in [5, 5.41) is 0. The van der Waals surface area contributed by atoms with Gasteiger partial charge in [-0.15, -0.1) is 0 Å². The standard InChI is InChI=1S/3Li.H2O3Te.H2O/c;;;1-4(2)3;/h;;;(H2,1,2,3);1H2/q3*+1;;/p-3. The normalized spacial score (nSPS) is 4.50. The summed E-state index contributed by atoms with van der Waals surface area (Å²) in [6.45, 7) is 0. The van der Waals surface area contributed by atoms with E-state index in [1.807, 2.05) is 0 Å². The van der Waals surface area contributed by atoms with Gasteiger partial charge >= 0.3 is 87.8 Å². The van der Waals surface area contributed by atoms with Gasteiger partial charge in [-0.25, -0.2) is 0 Å². The molecule has 1 N–H and O–H groups in total. The Morgan fingerprint density at radius 1 is 0.750 bits per heavy atom. The zero-order valence-corrected chi connectivity index (χ0v) is 7.41. The van der Waals surface area contributed by atoms with Gasteiger partial charge in [-0.1, -0.05) is 0 Å². The van der Waals surface area contributed by atoms with Gasteiger partial charge in [0.15, 0.2) is 0 Å². The van der Waals surface area contributed by atoms with Crippen molar-refractivity contribution >= 4 is 20.8 Å². The van der Waals surface area contributed by atoms with Crippen molar-refractivity contribution in [3.05, 3.63) is 0 Å². The molecule has 0 aromatic rings. The molecule has 0 bridgehead atoms. The van der Waals surface area contributed by atoms with E-state index in [0.29, 0.717) is 0 Å². The minimum absolute atomic E-state index is 0. The molecule has 0 aromatic heterocycles. The number of rotatable bonds is 0. The van der Waals surface area contributed by atoms with Gasteiger partial charge in [0.1, 0.15) is 0 Å². The van der Waals surface area contributed by atoms with Crippen LogP contribution in [0.4, 0.5) is 0 Å². The first-order valence-corrected chi connectivity index (χ1v) is 3.35. The molecule has 0 rings (SSSR count). The third kappa shape index (κ3) is 79.1. The first-order chi connectivity index (χ1) is 1.73. The van der Waals surface area contributed by atoms with Gasteiger partial charge in [-0.05, 0) is 0 Å². The summed E-state index contributed by atoms with van der Waals surface area (Å²) in [5.74, 6) is 0. The fourth-order valence-electron chi connectivity index (χ4n) is 0. The molecule has 0 aliphatic carbocycles. The van der Waals surface area contributed by atoms with Crippen molar-refractivity contribution in [3.63, 3.8) is 0 Å². The number of hydrogen-bond donors (Lipinski definition) is 0. The van der Waals surface area contributed by atoms with Crippen LogP contribution in [0.25, 0.3) is 0 Å². The molecule has 0 atom stereocenters. The predicted octanol–water partition coefficient (Wildman–Crippen LogP) is -13.1. The maximum Gasteiger partial charge on any atom is -0.870 e. The maximum absolute atomic E-state index is 8.59. The van der Waals surface area contributed by atoms with Crippen LogP contribution < -0.4 is 67.0 Å². The van der Waals surface area contributed by atoms with E-state index in [-0.39, 0.29) is 62.1 Å². The van der Waals surface area contributed by atoms with Crippen molar-refractivity contribution in [1.29, 1.82) is 0 Å². The molecule has 0 saturated heterocycles. The van der Waals surface area contributed by atoms with Crippen LogP contribution in [0.1, 0.15) is 0 Å². The molecule has 0 saturated carbocycles. The zero-order chi connectivity index (χ0) is 3.58. The quantitative estimate of drug-likeness (QED) is 0.373. The molecule has 0 heterocycles. The van der Waals surface area contributed by atoms with Crippen molar-refractivity contribution in [2.24, 2.45) is 0 Å². The maximum atomic E-state index is 8.59. The third-order valence-electron chi connectivity index (χ3n) is 0. The van der Waals surface area contributed by atoms with Gasteiger partial charge in [0, 0.05) is 0 Å². The van der Waals surface area contributed by atoms with Gasteiger partial charge in [0.05, 0.1) is 0 Å². The summed E-state index contributed by atoms with van der Waals surface area (Å²) >= 11 is -4.11. The predicted molar refractivity (Wildman–Crippen MR) is 7.69 cm³/mol. The Labute approximate surface area is 92.1 Å². The molecule has 34 valence electrons. The van der Waals surface area contributed by atoms with E-state index in [2.05, 4.69) is 0 Å². The minimum Gasteiger partial charge on any atom is -0.870 e. The van der Waals surface area contributed by atoms with E-state index in [1.54, 1.807) is 0 Å². The number of hydrogen-bond acceptors (Lipinski definition) is 4. The van der Waals surface area contributed by atoms with Crippen molar-refractivity contribution in [2.75, 3.05) is 0 Å². The van der Waals surface area contributed by atoms with E-state index in [4.69, 9.17) is 10.4 Å². The van der Waals surface area contributed by atoms with Gasteiger partial charge in [-0.3, -0.25) is 0 Å². The summed E-state index contributed by atoms with van der Waals surface area (Å²) in [6.07, 6.45) is 0. The monoisotopic (exact) mass is 216 g/mol.